The average molecular weight is 810 g/mol. The monoisotopic (exact) mass is 810 g/mol. The Balaban J connectivity index is 0.00000580. The van der Waals surface area contributed by atoms with Crippen LogP contribution in [0.3, 0.4) is 0 Å². The van der Waals surface area contributed by atoms with Crippen LogP contribution < -0.4 is 61.5 Å². The molecule has 0 spiro atoms. The van der Waals surface area contributed by atoms with Crippen molar-refractivity contribution in [3.63, 3.8) is 0 Å². The van der Waals surface area contributed by atoms with Gasteiger partial charge in [0.15, 0.2) is 52.4 Å². The molecule has 0 atom stereocenters. The minimum atomic E-state index is -6.35. The van der Waals surface area contributed by atoms with Gasteiger partial charge in [0.1, 0.15) is 34.9 Å². The van der Waals surface area contributed by atoms with E-state index < -0.39 is 118 Å². The fraction of sp³-hybridized carbons (Fsp3) is 0. The van der Waals surface area contributed by atoms with Crippen molar-refractivity contribution < 1.29 is 99.8 Å². The third kappa shape index (κ3) is 6.27. The standard InChI is InChI=1S/C36H15BF15OSi.Na/c38-22-19(23(39)29(45)34(50)28(22)44)37(20-24(40)30(46)35(51)31(47)25(20)41,21-26(42)32(48)36(52)33(49)27(21)43)53-54(16-10-4-1-5-11-16,17-12-6-2-7-13-17)18-14-8-3-9-15-18;/h1-15H;/q-1;+1. The predicted molar refractivity (Wildman–Crippen MR) is 168 cm³/mol. The quantitative estimate of drug-likeness (QED) is 0.0754. The van der Waals surface area contributed by atoms with E-state index >= 15 is 52.7 Å². The van der Waals surface area contributed by atoms with Crippen molar-refractivity contribution in [1.29, 1.82) is 0 Å². The Morgan fingerprint density at radius 3 is 0.673 bits per heavy atom. The largest absolute Gasteiger partial charge is 1.00 e. The van der Waals surface area contributed by atoms with Gasteiger partial charge in [-0.2, -0.15) is 0 Å². The van der Waals surface area contributed by atoms with Crippen LogP contribution in [0.2, 0.25) is 0 Å². The van der Waals surface area contributed by atoms with Gasteiger partial charge >= 0.3 is 29.6 Å². The second-order valence-electron chi connectivity index (χ2n) is 11.6. The molecule has 0 aliphatic rings. The van der Waals surface area contributed by atoms with E-state index in [1.165, 1.54) is 54.6 Å². The molecule has 0 fully saturated rings. The Hall–Kier alpha value is -4.49. The topological polar surface area (TPSA) is 9.23 Å². The summed E-state index contributed by atoms with van der Waals surface area (Å²) in [7, 11) is -5.38. The summed E-state index contributed by atoms with van der Waals surface area (Å²) in [6, 6.07) is 18.4. The van der Waals surface area contributed by atoms with Crippen molar-refractivity contribution >= 4 is 46.6 Å². The van der Waals surface area contributed by atoms with Crippen molar-refractivity contribution in [2.75, 3.05) is 0 Å². The molecule has 0 aromatic heterocycles. The van der Waals surface area contributed by atoms with E-state index in [1.54, 1.807) is 0 Å². The summed E-state index contributed by atoms with van der Waals surface area (Å²) < 4.78 is 240. The second kappa shape index (κ2) is 15.6. The van der Waals surface area contributed by atoms with Gasteiger partial charge in [-0.25, -0.2) is 65.9 Å². The molecule has 55 heavy (non-hydrogen) atoms. The fourth-order valence-electron chi connectivity index (χ4n) is 6.53. The smallest absolute Gasteiger partial charge is 0.614 e. The molecular weight excluding hydrogens is 795 g/mol. The molecule has 0 heterocycles. The third-order valence-corrected chi connectivity index (χ3v) is 13.0. The van der Waals surface area contributed by atoms with E-state index in [1.807, 2.05) is 0 Å². The normalized spacial score (nSPS) is 11.8. The fourth-order valence-corrected chi connectivity index (χ4v) is 10.8. The van der Waals surface area contributed by atoms with E-state index in [0.717, 1.165) is 36.4 Å². The minimum absolute atomic E-state index is 0. The van der Waals surface area contributed by atoms with E-state index in [2.05, 4.69) is 0 Å². The molecule has 0 saturated heterocycles. The summed E-state index contributed by atoms with van der Waals surface area (Å²) in [5.74, 6) is -46.7. The van der Waals surface area contributed by atoms with Crippen molar-refractivity contribution in [2.45, 2.75) is 0 Å². The first kappa shape index (κ1) is 41.7. The summed E-state index contributed by atoms with van der Waals surface area (Å²) in [6.45, 7) is 0. The van der Waals surface area contributed by atoms with Crippen LogP contribution in [-0.4, -0.2) is 14.7 Å². The number of benzene rings is 6. The van der Waals surface area contributed by atoms with E-state index in [0.29, 0.717) is 0 Å². The molecule has 0 aliphatic carbocycles. The molecule has 0 aliphatic heterocycles. The van der Waals surface area contributed by atoms with Crippen LogP contribution in [0.1, 0.15) is 0 Å². The molecule has 0 unspecified atom stereocenters. The van der Waals surface area contributed by atoms with Crippen LogP contribution in [0.5, 0.6) is 0 Å². The molecule has 1 nitrogen and oxygen atoms in total. The van der Waals surface area contributed by atoms with E-state index in [4.69, 9.17) is 4.34 Å². The Labute approximate surface area is 323 Å². The minimum Gasteiger partial charge on any atom is -0.614 e. The molecule has 6 rings (SSSR count). The molecule has 19 heteroatoms. The van der Waals surface area contributed by atoms with E-state index in [9.17, 15) is 13.2 Å². The maximum absolute atomic E-state index is 16.4. The van der Waals surface area contributed by atoms with Gasteiger partial charge < -0.3 is 4.34 Å². The van der Waals surface area contributed by atoms with Gasteiger partial charge in [-0.05, 0) is 15.6 Å². The molecule has 0 N–H and O–H groups in total. The van der Waals surface area contributed by atoms with Gasteiger partial charge in [-0.3, -0.25) is 0 Å². The number of hydrogen-bond donors (Lipinski definition) is 0. The van der Waals surface area contributed by atoms with Gasteiger partial charge in [-0.15, -0.1) is 0 Å². The SMILES string of the molecule is Fc1c(F)c(F)c([B-](O[Si](c2ccccc2)(c2ccccc2)c2ccccc2)(c2c(F)c(F)c(F)c(F)c2F)c2c(F)c(F)c(F)c(F)c2F)c(F)c1F.[Na+]. The maximum Gasteiger partial charge on any atom is 1.00 e. The van der Waals surface area contributed by atoms with Crippen molar-refractivity contribution in [2.24, 2.45) is 0 Å². The average Bonchev–Trinajstić information content (AvgIpc) is 3.19. The van der Waals surface area contributed by atoms with Crippen LogP contribution in [0.15, 0.2) is 91.0 Å². The summed E-state index contributed by atoms with van der Waals surface area (Å²) >= 11 is 0. The van der Waals surface area contributed by atoms with Crippen LogP contribution in [0, 0.1) is 87.3 Å². The molecular formula is C36H15BF15NaOSi. The first-order chi connectivity index (χ1) is 25.5. The number of rotatable bonds is 8. The summed E-state index contributed by atoms with van der Waals surface area (Å²) in [4.78, 5) is 0. The molecule has 6 aromatic rings. The van der Waals surface area contributed by atoms with Crippen molar-refractivity contribution in [3.8, 4) is 0 Å². The Morgan fingerprint density at radius 1 is 0.291 bits per heavy atom. The van der Waals surface area contributed by atoms with Gasteiger partial charge in [-0.1, -0.05) is 107 Å². The summed E-state index contributed by atoms with van der Waals surface area (Å²) in [5.41, 5.74) is -8.55. The first-order valence-corrected chi connectivity index (χ1v) is 17.0. The zero-order chi connectivity index (χ0) is 39.4. The van der Waals surface area contributed by atoms with E-state index in [-0.39, 0.29) is 45.1 Å². The maximum atomic E-state index is 16.4. The Bertz CT molecular complexity index is 2090. The summed E-state index contributed by atoms with van der Waals surface area (Å²) in [6.07, 6.45) is -6.35. The van der Waals surface area contributed by atoms with Gasteiger partial charge in [0.2, 0.25) is 14.7 Å². The zero-order valence-electron chi connectivity index (χ0n) is 27.3. The molecule has 278 valence electrons. The Morgan fingerprint density at radius 2 is 0.473 bits per heavy atom. The molecule has 0 amide bonds. The molecule has 6 aromatic carbocycles. The predicted octanol–water partition coefficient (Wildman–Crippen LogP) is 3.43. The first-order valence-electron chi connectivity index (χ1n) is 15.1. The van der Waals surface area contributed by atoms with Gasteiger partial charge in [0.25, 0.3) is 0 Å². The van der Waals surface area contributed by atoms with Crippen molar-refractivity contribution in [3.05, 3.63) is 178 Å². The number of halogens is 15. The second-order valence-corrected chi connectivity index (χ2v) is 15.0. The van der Waals surface area contributed by atoms with Crippen LogP contribution >= 0.6 is 0 Å². The van der Waals surface area contributed by atoms with Gasteiger partial charge in [0, 0.05) is 0 Å². The van der Waals surface area contributed by atoms with Crippen molar-refractivity contribution in [1.82, 2.24) is 0 Å². The molecule has 0 bridgehead atoms. The number of hydrogen-bond acceptors (Lipinski definition) is 1. The third-order valence-electron chi connectivity index (χ3n) is 8.85. The molecule has 0 saturated carbocycles. The van der Waals surface area contributed by atoms with Crippen LogP contribution in [0.25, 0.3) is 0 Å². The summed E-state index contributed by atoms with van der Waals surface area (Å²) in [5, 5.41) is -0.819. The van der Waals surface area contributed by atoms with Crippen LogP contribution in [-0.2, 0) is 4.34 Å². The molecule has 0 radical (unpaired) electrons. The van der Waals surface area contributed by atoms with Gasteiger partial charge in [0.05, 0.1) is 0 Å². The van der Waals surface area contributed by atoms with Crippen LogP contribution in [0.4, 0.5) is 65.9 Å². The zero-order valence-corrected chi connectivity index (χ0v) is 30.3. The Kier molecular flexibility index (Phi) is 11.8.